The van der Waals surface area contributed by atoms with Gasteiger partial charge in [-0.25, -0.2) is 0 Å². The van der Waals surface area contributed by atoms with E-state index in [1.54, 1.807) is 6.07 Å². The lowest BCUT2D eigenvalue weighted by Crippen LogP contribution is -2.48. The first-order chi connectivity index (χ1) is 11.5. The Hall–Kier alpha value is -1.82. The van der Waals surface area contributed by atoms with Gasteiger partial charge in [-0.05, 0) is 44.6 Å². The number of nitrogens with zero attached hydrogens (tertiary/aromatic N) is 2. The molecule has 0 radical (unpaired) electrons. The molecule has 24 heavy (non-hydrogen) atoms. The predicted octanol–water partition coefficient (Wildman–Crippen LogP) is 3.78. The summed E-state index contributed by atoms with van der Waals surface area (Å²) in [5.74, 6) is 0.980. The fourth-order valence-electron chi connectivity index (χ4n) is 3.34. The fourth-order valence-corrected chi connectivity index (χ4v) is 3.34. The highest BCUT2D eigenvalue weighted by Gasteiger charge is 2.23. The van der Waals surface area contributed by atoms with Crippen LogP contribution in [0.3, 0.4) is 0 Å². The van der Waals surface area contributed by atoms with Crippen LogP contribution in [0, 0.1) is 10.1 Å². The minimum absolute atomic E-state index is 0.0118. The van der Waals surface area contributed by atoms with Crippen molar-refractivity contribution >= 4 is 5.69 Å². The Labute approximate surface area is 144 Å². The first-order valence-corrected chi connectivity index (χ1v) is 8.83. The zero-order valence-corrected chi connectivity index (χ0v) is 14.8. The largest absolute Gasteiger partial charge is 0.493 e. The highest BCUT2D eigenvalue weighted by molar-refractivity contribution is 5.48. The summed E-state index contributed by atoms with van der Waals surface area (Å²) < 4.78 is 12.1. The normalized spacial score (nSPS) is 16.6. The summed E-state index contributed by atoms with van der Waals surface area (Å²) in [6, 6.07) is 4.45. The van der Waals surface area contributed by atoms with Crippen molar-refractivity contribution in [2.75, 3.05) is 40.4 Å². The molecule has 134 valence electrons. The van der Waals surface area contributed by atoms with Crippen molar-refractivity contribution in [2.24, 2.45) is 0 Å². The summed E-state index contributed by atoms with van der Waals surface area (Å²) in [6.45, 7) is 4.49. The van der Waals surface area contributed by atoms with Crippen molar-refractivity contribution in [1.82, 2.24) is 0 Å². The number of piperidine rings is 1. The summed E-state index contributed by atoms with van der Waals surface area (Å²) >= 11 is 0. The predicted molar refractivity (Wildman–Crippen MR) is 93.6 cm³/mol. The third kappa shape index (κ3) is 5.37. The number of rotatable bonds is 9. The van der Waals surface area contributed by atoms with Crippen LogP contribution in [0.4, 0.5) is 5.69 Å². The molecule has 0 atom stereocenters. The topological polar surface area (TPSA) is 61.6 Å². The first-order valence-electron chi connectivity index (χ1n) is 8.83. The molecule has 0 saturated carbocycles. The van der Waals surface area contributed by atoms with Crippen molar-refractivity contribution in [1.29, 1.82) is 0 Å². The quantitative estimate of drug-likeness (QED) is 0.298. The molecular weight excluding hydrogens is 308 g/mol. The van der Waals surface area contributed by atoms with E-state index in [0.29, 0.717) is 18.1 Å². The highest BCUT2D eigenvalue weighted by atomic mass is 16.6. The third-order valence-corrected chi connectivity index (χ3v) is 4.85. The molecule has 0 bridgehead atoms. The van der Waals surface area contributed by atoms with E-state index in [1.165, 1.54) is 69.0 Å². The zero-order chi connectivity index (χ0) is 17.4. The van der Waals surface area contributed by atoms with Crippen LogP contribution in [-0.4, -0.2) is 49.8 Å². The Morgan fingerprint density at radius 1 is 1.12 bits per heavy atom. The van der Waals surface area contributed by atoms with Crippen molar-refractivity contribution in [3.63, 3.8) is 0 Å². The molecule has 6 heteroatoms. The van der Waals surface area contributed by atoms with Gasteiger partial charge >= 0.3 is 0 Å². The fraction of sp³-hybridized carbons (Fsp3) is 0.667. The lowest BCUT2D eigenvalue weighted by molar-refractivity contribution is -0.914. The second-order valence-electron chi connectivity index (χ2n) is 6.85. The zero-order valence-electron chi connectivity index (χ0n) is 14.8. The van der Waals surface area contributed by atoms with E-state index in [4.69, 9.17) is 9.47 Å². The molecule has 2 rings (SSSR count). The van der Waals surface area contributed by atoms with Crippen molar-refractivity contribution in [3.8, 4) is 11.5 Å². The van der Waals surface area contributed by atoms with Gasteiger partial charge in [-0.15, -0.1) is 0 Å². The Kier molecular flexibility index (Phi) is 6.85. The molecule has 1 fully saturated rings. The summed E-state index contributed by atoms with van der Waals surface area (Å²) in [6.07, 6.45) is 7.46. The number of nitro groups is 1. The number of methoxy groups -OCH3 is 1. The number of nitro benzene ring substituents is 1. The Morgan fingerprint density at radius 3 is 2.54 bits per heavy atom. The second-order valence-corrected chi connectivity index (χ2v) is 6.85. The SMILES string of the molecule is COc1cc([N+](=O)[O-])ccc1OCCCCC[N+]1(C)CCCCC1. The van der Waals surface area contributed by atoms with E-state index < -0.39 is 4.92 Å². The standard InChI is InChI=1S/C18H29N2O4/c1-20(11-5-3-6-12-20)13-7-4-8-14-24-17-10-9-16(19(21)22)15-18(17)23-2/h9-10,15H,3-8,11-14H2,1-2H3/q+1. The number of likely N-dealkylation sites (tertiary alicyclic amines) is 1. The van der Waals surface area contributed by atoms with Gasteiger partial charge in [0.05, 0.1) is 51.4 Å². The van der Waals surface area contributed by atoms with Crippen LogP contribution in [0.15, 0.2) is 18.2 Å². The lowest BCUT2D eigenvalue weighted by atomic mass is 10.1. The Balaban J connectivity index is 1.69. The molecule has 1 aliphatic heterocycles. The number of hydrogen-bond donors (Lipinski definition) is 0. The molecule has 1 aromatic rings. The van der Waals surface area contributed by atoms with E-state index in [1.807, 2.05) is 0 Å². The molecule has 1 saturated heterocycles. The number of benzene rings is 1. The van der Waals surface area contributed by atoms with Crippen LogP contribution in [-0.2, 0) is 0 Å². The molecule has 6 nitrogen and oxygen atoms in total. The van der Waals surface area contributed by atoms with Gasteiger partial charge in [0.15, 0.2) is 11.5 Å². The maximum Gasteiger partial charge on any atom is 0.273 e. The van der Waals surface area contributed by atoms with Crippen molar-refractivity contribution in [3.05, 3.63) is 28.3 Å². The highest BCUT2D eigenvalue weighted by Crippen LogP contribution is 2.31. The summed E-state index contributed by atoms with van der Waals surface area (Å²) in [7, 11) is 3.87. The molecule has 1 aromatic carbocycles. The number of ether oxygens (including phenoxy) is 2. The molecule has 0 spiro atoms. The average Bonchev–Trinajstić information content (AvgIpc) is 2.58. The van der Waals surface area contributed by atoms with E-state index in [9.17, 15) is 10.1 Å². The van der Waals surface area contributed by atoms with E-state index >= 15 is 0 Å². The van der Waals surface area contributed by atoms with Gasteiger partial charge in [-0.2, -0.15) is 0 Å². The maximum atomic E-state index is 10.8. The van der Waals surface area contributed by atoms with Gasteiger partial charge in [0.25, 0.3) is 5.69 Å². The Bertz CT molecular complexity index is 542. The molecule has 1 heterocycles. The monoisotopic (exact) mass is 337 g/mol. The molecular formula is C18H29N2O4+. The maximum absolute atomic E-state index is 10.8. The van der Waals surface area contributed by atoms with Crippen molar-refractivity contribution in [2.45, 2.75) is 38.5 Å². The molecule has 1 aliphatic rings. The van der Waals surface area contributed by atoms with Gasteiger partial charge in [0.2, 0.25) is 0 Å². The molecule has 0 amide bonds. The summed E-state index contributed by atoms with van der Waals surface area (Å²) in [4.78, 5) is 10.3. The molecule has 0 aromatic heterocycles. The lowest BCUT2D eigenvalue weighted by Gasteiger charge is -2.37. The number of non-ortho nitro benzene ring substituents is 1. The third-order valence-electron chi connectivity index (χ3n) is 4.85. The van der Waals surface area contributed by atoms with Crippen LogP contribution in [0.1, 0.15) is 38.5 Å². The second kappa shape index (κ2) is 8.87. The summed E-state index contributed by atoms with van der Waals surface area (Å²) in [5.41, 5.74) is 0.0118. The van der Waals surface area contributed by atoms with Gasteiger partial charge in [-0.3, -0.25) is 10.1 Å². The van der Waals surface area contributed by atoms with Crippen LogP contribution in [0.5, 0.6) is 11.5 Å². The van der Waals surface area contributed by atoms with Gasteiger partial charge in [0, 0.05) is 6.07 Å². The number of unbranched alkanes of at least 4 members (excludes halogenated alkanes) is 2. The van der Waals surface area contributed by atoms with Crippen LogP contribution < -0.4 is 9.47 Å². The number of quaternary nitrogens is 1. The van der Waals surface area contributed by atoms with E-state index in [-0.39, 0.29) is 5.69 Å². The average molecular weight is 337 g/mol. The van der Waals surface area contributed by atoms with Gasteiger partial charge in [-0.1, -0.05) is 0 Å². The van der Waals surface area contributed by atoms with E-state index in [2.05, 4.69) is 7.05 Å². The van der Waals surface area contributed by atoms with Crippen LogP contribution >= 0.6 is 0 Å². The number of hydrogen-bond acceptors (Lipinski definition) is 4. The minimum atomic E-state index is -0.434. The summed E-state index contributed by atoms with van der Waals surface area (Å²) in [5, 5.41) is 10.8. The van der Waals surface area contributed by atoms with Gasteiger partial charge < -0.3 is 14.0 Å². The smallest absolute Gasteiger partial charge is 0.273 e. The van der Waals surface area contributed by atoms with Gasteiger partial charge in [0.1, 0.15) is 0 Å². The molecule has 0 unspecified atom stereocenters. The first kappa shape index (κ1) is 18.5. The van der Waals surface area contributed by atoms with Crippen LogP contribution in [0.2, 0.25) is 0 Å². The van der Waals surface area contributed by atoms with Crippen molar-refractivity contribution < 1.29 is 18.9 Å². The van der Waals surface area contributed by atoms with E-state index in [0.717, 1.165) is 12.8 Å². The van der Waals surface area contributed by atoms with Crippen LogP contribution in [0.25, 0.3) is 0 Å². The minimum Gasteiger partial charge on any atom is -0.493 e. The Morgan fingerprint density at radius 2 is 1.88 bits per heavy atom. The molecule has 0 aliphatic carbocycles. The molecule has 0 N–H and O–H groups in total.